The molecule has 1 aromatic heterocycles. The molecule has 22 heavy (non-hydrogen) atoms. The van der Waals surface area contributed by atoms with E-state index in [0.717, 1.165) is 11.3 Å². The summed E-state index contributed by atoms with van der Waals surface area (Å²) in [6.45, 7) is 0.646. The van der Waals surface area contributed by atoms with Gasteiger partial charge in [-0.3, -0.25) is 9.59 Å². The standard InChI is InChI=1S/C13H14BrNO5S2/c14-10-3-11(21-6-10)22(18,19)15-13(17)7-1-8-4-20-5-9(2-7)12(8)16/h3,6-9H,1-2,4-5H2,(H,15,17). The van der Waals surface area contributed by atoms with E-state index in [1.54, 1.807) is 5.38 Å². The van der Waals surface area contributed by atoms with Crippen molar-refractivity contribution in [1.29, 1.82) is 0 Å². The Morgan fingerprint density at radius 1 is 1.32 bits per heavy atom. The second-order valence-electron chi connectivity index (χ2n) is 5.56. The lowest BCUT2D eigenvalue weighted by atomic mass is 9.73. The predicted octanol–water partition coefficient (Wildman–Crippen LogP) is 1.56. The Labute approximate surface area is 140 Å². The van der Waals surface area contributed by atoms with Crippen LogP contribution in [-0.4, -0.2) is 33.3 Å². The zero-order valence-corrected chi connectivity index (χ0v) is 14.7. The molecule has 3 rings (SSSR count). The molecule has 1 saturated heterocycles. The highest BCUT2D eigenvalue weighted by molar-refractivity contribution is 9.10. The zero-order valence-electron chi connectivity index (χ0n) is 11.5. The van der Waals surface area contributed by atoms with Crippen molar-refractivity contribution in [2.45, 2.75) is 17.1 Å². The van der Waals surface area contributed by atoms with Crippen LogP contribution in [-0.2, 0) is 24.3 Å². The van der Waals surface area contributed by atoms with Crippen LogP contribution in [0.15, 0.2) is 20.1 Å². The predicted molar refractivity (Wildman–Crippen MR) is 82.9 cm³/mol. The van der Waals surface area contributed by atoms with Crippen LogP contribution >= 0.6 is 27.3 Å². The number of nitrogens with one attached hydrogen (secondary N) is 1. The number of carbonyl (C=O) groups excluding carboxylic acids is 2. The molecule has 2 bridgehead atoms. The number of hydrogen-bond acceptors (Lipinski definition) is 6. The van der Waals surface area contributed by atoms with Crippen molar-refractivity contribution >= 4 is 49.0 Å². The summed E-state index contributed by atoms with van der Waals surface area (Å²) in [6, 6.07) is 1.45. The number of sulfonamides is 1. The van der Waals surface area contributed by atoms with Gasteiger partial charge in [-0.15, -0.1) is 11.3 Å². The average Bonchev–Trinajstić information content (AvgIpc) is 2.85. The van der Waals surface area contributed by atoms with Crippen molar-refractivity contribution in [3.05, 3.63) is 15.9 Å². The van der Waals surface area contributed by atoms with Gasteiger partial charge in [-0.25, -0.2) is 13.1 Å². The molecule has 9 heteroatoms. The summed E-state index contributed by atoms with van der Waals surface area (Å²) in [5, 5.41) is 1.64. The first-order chi connectivity index (χ1) is 10.4. The molecule has 2 fully saturated rings. The van der Waals surface area contributed by atoms with Gasteiger partial charge in [0.25, 0.3) is 10.0 Å². The normalized spacial score (nSPS) is 28.4. The van der Waals surface area contributed by atoms with Gasteiger partial charge >= 0.3 is 0 Å². The van der Waals surface area contributed by atoms with Crippen molar-refractivity contribution in [3.8, 4) is 0 Å². The number of ketones is 1. The third-order valence-electron chi connectivity index (χ3n) is 3.99. The molecule has 1 aliphatic heterocycles. The molecule has 1 amide bonds. The van der Waals surface area contributed by atoms with Gasteiger partial charge in [-0.05, 0) is 34.8 Å². The summed E-state index contributed by atoms with van der Waals surface area (Å²) in [4.78, 5) is 24.2. The monoisotopic (exact) mass is 407 g/mol. The van der Waals surface area contributed by atoms with Crippen LogP contribution in [0.3, 0.4) is 0 Å². The first-order valence-electron chi connectivity index (χ1n) is 6.79. The number of halogens is 1. The third kappa shape index (κ3) is 3.12. The van der Waals surface area contributed by atoms with E-state index in [0.29, 0.717) is 30.5 Å². The lowest BCUT2D eigenvalue weighted by Crippen LogP contribution is -2.47. The molecule has 1 saturated carbocycles. The SMILES string of the molecule is O=C(NS(=O)(=O)c1cc(Br)cs1)C1CC2COCC(C1)C2=O. The second kappa shape index (κ2) is 6.03. The molecule has 2 unspecified atom stereocenters. The van der Waals surface area contributed by atoms with E-state index in [2.05, 4.69) is 20.7 Å². The molecular formula is C13H14BrNO5S2. The first-order valence-corrected chi connectivity index (χ1v) is 9.94. The molecule has 6 nitrogen and oxygen atoms in total. The lowest BCUT2D eigenvalue weighted by Gasteiger charge is -2.36. The van der Waals surface area contributed by atoms with Crippen LogP contribution in [0.1, 0.15) is 12.8 Å². The molecule has 0 radical (unpaired) electrons. The molecule has 2 aliphatic rings. The van der Waals surface area contributed by atoms with E-state index in [-0.39, 0.29) is 21.8 Å². The van der Waals surface area contributed by atoms with Gasteiger partial charge in [-0.1, -0.05) is 0 Å². The number of ether oxygens (including phenoxy) is 1. The Hall–Kier alpha value is -0.770. The maximum atomic E-state index is 12.3. The van der Waals surface area contributed by atoms with Crippen molar-refractivity contribution < 1.29 is 22.7 Å². The zero-order chi connectivity index (χ0) is 15.9. The van der Waals surface area contributed by atoms with E-state index < -0.39 is 21.8 Å². The molecule has 1 aromatic rings. The first kappa shape index (κ1) is 16.1. The summed E-state index contributed by atoms with van der Waals surface area (Å²) in [5.41, 5.74) is 0. The summed E-state index contributed by atoms with van der Waals surface area (Å²) in [6.07, 6.45) is 0.704. The fourth-order valence-corrected chi connectivity index (χ4v) is 5.81. The Balaban J connectivity index is 1.71. The quantitative estimate of drug-likeness (QED) is 0.820. The fraction of sp³-hybridized carbons (Fsp3) is 0.538. The number of Topliss-reactive ketones (excluding diaryl/α,β-unsaturated/α-hetero) is 1. The lowest BCUT2D eigenvalue weighted by molar-refractivity contribution is -0.146. The minimum atomic E-state index is -3.85. The second-order valence-corrected chi connectivity index (χ2v) is 9.29. The number of amides is 1. The van der Waals surface area contributed by atoms with Crippen molar-refractivity contribution in [2.24, 2.45) is 17.8 Å². The van der Waals surface area contributed by atoms with Crippen molar-refractivity contribution in [2.75, 3.05) is 13.2 Å². The van der Waals surface area contributed by atoms with Gasteiger partial charge in [0, 0.05) is 27.6 Å². The summed E-state index contributed by atoms with van der Waals surface area (Å²) in [5.74, 6) is -1.44. The smallest absolute Gasteiger partial charge is 0.273 e. The largest absolute Gasteiger partial charge is 0.380 e. The van der Waals surface area contributed by atoms with Crippen LogP contribution in [0.4, 0.5) is 0 Å². The number of hydrogen-bond donors (Lipinski definition) is 1. The number of carbonyl (C=O) groups is 2. The molecule has 0 spiro atoms. The van der Waals surface area contributed by atoms with Gasteiger partial charge in [0.05, 0.1) is 13.2 Å². The Bertz CT molecular complexity index is 698. The van der Waals surface area contributed by atoms with Crippen LogP contribution in [0.25, 0.3) is 0 Å². The van der Waals surface area contributed by atoms with Crippen LogP contribution in [0, 0.1) is 17.8 Å². The van der Waals surface area contributed by atoms with E-state index in [1.807, 2.05) is 0 Å². The maximum absolute atomic E-state index is 12.3. The van der Waals surface area contributed by atoms with E-state index in [9.17, 15) is 18.0 Å². The third-order valence-corrected chi connectivity index (χ3v) is 7.54. The van der Waals surface area contributed by atoms with Gasteiger partial charge in [0.2, 0.25) is 5.91 Å². The Kier molecular flexibility index (Phi) is 4.41. The molecule has 2 heterocycles. The number of rotatable bonds is 3. The molecule has 120 valence electrons. The van der Waals surface area contributed by atoms with E-state index in [1.165, 1.54) is 6.07 Å². The molecule has 1 N–H and O–H groups in total. The average molecular weight is 408 g/mol. The summed E-state index contributed by atoms with van der Waals surface area (Å²) in [7, 11) is -3.85. The Morgan fingerprint density at radius 2 is 1.95 bits per heavy atom. The Morgan fingerprint density at radius 3 is 2.50 bits per heavy atom. The van der Waals surface area contributed by atoms with E-state index >= 15 is 0 Å². The van der Waals surface area contributed by atoms with Gasteiger partial charge in [0.15, 0.2) is 0 Å². The molecule has 2 atom stereocenters. The van der Waals surface area contributed by atoms with Crippen LogP contribution in [0.5, 0.6) is 0 Å². The number of fused-ring (bicyclic) bond motifs is 2. The summed E-state index contributed by atoms with van der Waals surface area (Å²) < 4.78 is 32.6. The highest BCUT2D eigenvalue weighted by Crippen LogP contribution is 2.35. The maximum Gasteiger partial charge on any atom is 0.273 e. The summed E-state index contributed by atoms with van der Waals surface area (Å²) >= 11 is 4.23. The fourth-order valence-electron chi connectivity index (χ4n) is 2.92. The molecule has 0 aromatic carbocycles. The topological polar surface area (TPSA) is 89.5 Å². The highest BCUT2D eigenvalue weighted by Gasteiger charge is 2.42. The van der Waals surface area contributed by atoms with Crippen LogP contribution in [0.2, 0.25) is 0 Å². The minimum absolute atomic E-state index is 0.0862. The van der Waals surface area contributed by atoms with Crippen molar-refractivity contribution in [3.63, 3.8) is 0 Å². The van der Waals surface area contributed by atoms with E-state index in [4.69, 9.17) is 4.74 Å². The number of thiophene rings is 1. The van der Waals surface area contributed by atoms with Gasteiger partial charge < -0.3 is 4.74 Å². The highest BCUT2D eigenvalue weighted by atomic mass is 79.9. The van der Waals surface area contributed by atoms with Gasteiger partial charge in [0.1, 0.15) is 9.99 Å². The van der Waals surface area contributed by atoms with Crippen LogP contribution < -0.4 is 4.72 Å². The van der Waals surface area contributed by atoms with Gasteiger partial charge in [-0.2, -0.15) is 0 Å². The minimum Gasteiger partial charge on any atom is -0.380 e. The molecular weight excluding hydrogens is 394 g/mol. The molecule has 1 aliphatic carbocycles. The van der Waals surface area contributed by atoms with Crippen molar-refractivity contribution in [1.82, 2.24) is 4.72 Å².